The fraction of sp³-hybridized carbons (Fsp3) is 0.385. The van der Waals surface area contributed by atoms with E-state index in [-0.39, 0.29) is 42.6 Å². The number of nitrogens with zero attached hydrogens (tertiary/aromatic N) is 3. The Hall–Kier alpha value is -3.66. The van der Waals surface area contributed by atoms with Gasteiger partial charge in [-0.05, 0) is 61.5 Å². The van der Waals surface area contributed by atoms with Crippen LogP contribution in [0.5, 0.6) is 0 Å². The zero-order valence-corrected chi connectivity index (χ0v) is 20.5. The van der Waals surface area contributed by atoms with Crippen LogP contribution < -0.4 is 21.3 Å². The van der Waals surface area contributed by atoms with Crippen LogP contribution in [-0.4, -0.2) is 49.4 Å². The van der Waals surface area contributed by atoms with Gasteiger partial charge in [-0.3, -0.25) is 9.79 Å². The van der Waals surface area contributed by atoms with Crippen LogP contribution in [0.1, 0.15) is 37.1 Å². The number of aromatic nitrogens is 1. The van der Waals surface area contributed by atoms with E-state index in [0.29, 0.717) is 0 Å². The van der Waals surface area contributed by atoms with Crippen LogP contribution in [0, 0.1) is 5.82 Å². The summed E-state index contributed by atoms with van der Waals surface area (Å²) < 4.78 is 29.4. The predicted molar refractivity (Wildman–Crippen MR) is 139 cm³/mol. The topological polar surface area (TPSA) is 103 Å². The van der Waals surface area contributed by atoms with Crippen molar-refractivity contribution in [3.8, 4) is 0 Å². The number of anilines is 2. The average Bonchev–Trinajstić information content (AvgIpc) is 2.85. The molecule has 2 aliphatic heterocycles. The first-order valence-electron chi connectivity index (χ1n) is 11.9. The summed E-state index contributed by atoms with van der Waals surface area (Å²) in [5.41, 5.74) is 2.74. The fourth-order valence-corrected chi connectivity index (χ4v) is 4.44. The lowest BCUT2D eigenvalue weighted by Gasteiger charge is -2.28. The monoisotopic (exact) mass is 495 g/mol. The van der Waals surface area contributed by atoms with Crippen LogP contribution in [0.2, 0.25) is 0 Å². The number of aliphatic imine (C=N–C) groups is 2. The number of benzene rings is 1. The predicted octanol–water partition coefficient (Wildman–Crippen LogP) is 3.47. The third-order valence-corrected chi connectivity index (χ3v) is 6.28. The SMILES string of the molecule is C=N/C=C1/C(=O)NCC(F)CC(C)(C)c2nc(ccc2F)N/C1=N/CNc1ccc2c(c1)CCNC2. The second-order valence-electron chi connectivity index (χ2n) is 9.52. The number of carbonyl (C=O) groups is 1. The van der Waals surface area contributed by atoms with Gasteiger partial charge in [0.25, 0.3) is 5.91 Å². The minimum atomic E-state index is -1.40. The maximum Gasteiger partial charge on any atom is 0.256 e. The van der Waals surface area contributed by atoms with Crippen molar-refractivity contribution in [1.82, 2.24) is 15.6 Å². The van der Waals surface area contributed by atoms with Crippen LogP contribution in [-0.2, 0) is 23.2 Å². The Morgan fingerprint density at radius 2 is 2.11 bits per heavy atom. The molecule has 2 aliphatic rings. The van der Waals surface area contributed by atoms with Crippen LogP contribution in [0.25, 0.3) is 0 Å². The Kier molecular flexibility index (Phi) is 7.73. The molecule has 1 aromatic heterocycles. The van der Waals surface area contributed by atoms with Crippen molar-refractivity contribution in [2.75, 3.05) is 30.4 Å². The largest absolute Gasteiger partial charge is 0.366 e. The fourth-order valence-electron chi connectivity index (χ4n) is 4.44. The first kappa shape index (κ1) is 25.4. The highest BCUT2D eigenvalue weighted by Crippen LogP contribution is 2.31. The minimum Gasteiger partial charge on any atom is -0.366 e. The lowest BCUT2D eigenvalue weighted by Crippen LogP contribution is -2.38. The van der Waals surface area contributed by atoms with Crippen LogP contribution >= 0.6 is 0 Å². The molecule has 2 aromatic rings. The molecule has 1 aromatic carbocycles. The van der Waals surface area contributed by atoms with E-state index in [1.807, 2.05) is 6.07 Å². The molecule has 0 saturated carbocycles. The molecule has 0 fully saturated rings. The molecule has 3 heterocycles. The molecule has 1 atom stereocenters. The van der Waals surface area contributed by atoms with Crippen molar-refractivity contribution in [3.63, 3.8) is 0 Å². The highest BCUT2D eigenvalue weighted by atomic mass is 19.1. The quantitative estimate of drug-likeness (QED) is 0.384. The number of nitrogens with one attached hydrogen (secondary N) is 4. The molecule has 2 bridgehead atoms. The Morgan fingerprint density at radius 1 is 1.28 bits per heavy atom. The van der Waals surface area contributed by atoms with Crippen molar-refractivity contribution in [3.05, 3.63) is 64.7 Å². The molecule has 8 nitrogen and oxygen atoms in total. The Labute approximate surface area is 209 Å². The molecule has 4 N–H and O–H groups in total. The van der Waals surface area contributed by atoms with E-state index in [1.54, 1.807) is 13.8 Å². The van der Waals surface area contributed by atoms with Gasteiger partial charge in [0.1, 0.15) is 30.3 Å². The summed E-state index contributed by atoms with van der Waals surface area (Å²) in [4.78, 5) is 25.6. The third-order valence-electron chi connectivity index (χ3n) is 6.28. The lowest BCUT2D eigenvalue weighted by atomic mass is 9.83. The molecule has 10 heteroatoms. The number of amides is 1. The van der Waals surface area contributed by atoms with Crippen molar-refractivity contribution < 1.29 is 13.6 Å². The Morgan fingerprint density at radius 3 is 2.92 bits per heavy atom. The number of alkyl halides is 1. The normalized spacial score (nSPS) is 22.0. The van der Waals surface area contributed by atoms with E-state index < -0.39 is 23.3 Å². The number of carbonyl (C=O) groups excluding carboxylic acids is 1. The lowest BCUT2D eigenvalue weighted by molar-refractivity contribution is -0.117. The second-order valence-corrected chi connectivity index (χ2v) is 9.52. The number of hydrogen-bond acceptors (Lipinski definition) is 6. The third kappa shape index (κ3) is 5.93. The standard InChI is InChI=1S/C26H31F2N7O/c1-26(2)11-18(27)13-31-25(36)20(14-29-3)24(35-22-7-6-21(28)23(26)34-22)33-15-32-19-5-4-17-12-30-9-8-16(17)10-19/h4-7,10,14,18,30,32H,3,8-9,11-13,15H2,1-2H3,(H,31,36)(H,33,34,35)/b20-14+. The molecular weight excluding hydrogens is 464 g/mol. The first-order valence-corrected chi connectivity index (χ1v) is 11.9. The Bertz CT molecular complexity index is 1210. The van der Waals surface area contributed by atoms with Gasteiger partial charge in [0.05, 0.1) is 11.3 Å². The van der Waals surface area contributed by atoms with Gasteiger partial charge in [-0.15, -0.1) is 0 Å². The average molecular weight is 496 g/mol. The summed E-state index contributed by atoms with van der Waals surface area (Å²) in [5.74, 6) is -0.657. The van der Waals surface area contributed by atoms with Gasteiger partial charge in [-0.25, -0.2) is 18.8 Å². The van der Waals surface area contributed by atoms with E-state index in [4.69, 9.17) is 0 Å². The molecular formula is C26H31F2N7O. The molecule has 36 heavy (non-hydrogen) atoms. The van der Waals surface area contributed by atoms with Crippen molar-refractivity contribution in [2.45, 2.75) is 44.8 Å². The van der Waals surface area contributed by atoms with Crippen LogP contribution in [0.15, 0.2) is 52.1 Å². The number of halogens is 2. The Balaban J connectivity index is 1.66. The van der Waals surface area contributed by atoms with Gasteiger partial charge in [-0.1, -0.05) is 19.9 Å². The van der Waals surface area contributed by atoms with Crippen molar-refractivity contribution in [1.29, 1.82) is 0 Å². The van der Waals surface area contributed by atoms with Crippen LogP contribution in [0.4, 0.5) is 20.3 Å². The van der Waals surface area contributed by atoms with E-state index in [2.05, 4.69) is 55.1 Å². The minimum absolute atomic E-state index is 0.0128. The van der Waals surface area contributed by atoms with E-state index in [9.17, 15) is 13.6 Å². The van der Waals surface area contributed by atoms with Gasteiger partial charge in [0, 0.05) is 30.4 Å². The summed E-state index contributed by atoms with van der Waals surface area (Å²) in [6, 6.07) is 8.87. The molecule has 1 amide bonds. The summed E-state index contributed by atoms with van der Waals surface area (Å²) in [6.07, 6.45) is 0.783. The molecule has 0 spiro atoms. The number of hydrogen-bond donors (Lipinski definition) is 4. The molecule has 1 unspecified atom stereocenters. The second kappa shape index (κ2) is 10.9. The molecule has 4 rings (SSSR count). The number of pyridine rings is 1. The van der Waals surface area contributed by atoms with E-state index >= 15 is 0 Å². The van der Waals surface area contributed by atoms with Gasteiger partial charge in [0.15, 0.2) is 0 Å². The number of rotatable bonds is 4. The number of fused-ring (bicyclic) bond motifs is 3. The summed E-state index contributed by atoms with van der Waals surface area (Å²) in [6.45, 7) is 8.57. The highest BCUT2D eigenvalue weighted by molar-refractivity contribution is 6.25. The van der Waals surface area contributed by atoms with Crippen molar-refractivity contribution >= 4 is 30.0 Å². The maximum atomic E-state index is 14.8. The zero-order chi connectivity index (χ0) is 25.7. The van der Waals surface area contributed by atoms with E-state index in [0.717, 1.165) is 25.2 Å². The molecule has 190 valence electrons. The molecule has 0 aliphatic carbocycles. The van der Waals surface area contributed by atoms with Gasteiger partial charge < -0.3 is 21.3 Å². The summed E-state index contributed by atoms with van der Waals surface area (Å²) in [5, 5.41) is 12.2. The smallest absolute Gasteiger partial charge is 0.256 e. The maximum absolute atomic E-state index is 14.8. The summed E-state index contributed by atoms with van der Waals surface area (Å²) in [7, 11) is 0. The number of amidine groups is 1. The van der Waals surface area contributed by atoms with Crippen molar-refractivity contribution in [2.24, 2.45) is 9.98 Å². The molecule has 0 saturated heterocycles. The first-order chi connectivity index (χ1) is 17.3. The van der Waals surface area contributed by atoms with Crippen LogP contribution in [0.3, 0.4) is 0 Å². The summed E-state index contributed by atoms with van der Waals surface area (Å²) >= 11 is 0. The highest BCUT2D eigenvalue weighted by Gasteiger charge is 2.31. The zero-order valence-electron chi connectivity index (χ0n) is 20.5. The van der Waals surface area contributed by atoms with Gasteiger partial charge >= 0.3 is 0 Å². The molecule has 0 radical (unpaired) electrons. The van der Waals surface area contributed by atoms with Gasteiger partial charge in [-0.2, -0.15) is 0 Å². The van der Waals surface area contributed by atoms with Gasteiger partial charge in [0.2, 0.25) is 0 Å². The van der Waals surface area contributed by atoms with E-state index in [1.165, 1.54) is 29.5 Å².